The number of hydrogen-bond donors (Lipinski definition) is 0. The van der Waals surface area contributed by atoms with E-state index in [1.54, 1.807) is 22.5 Å². The third kappa shape index (κ3) is 0.582. The lowest BCUT2D eigenvalue weighted by molar-refractivity contribution is -0.119. The van der Waals surface area contributed by atoms with Crippen molar-refractivity contribution < 1.29 is 4.79 Å². The van der Waals surface area contributed by atoms with Gasteiger partial charge in [0.2, 0.25) is 0 Å². The highest BCUT2D eigenvalue weighted by Gasteiger charge is 3.03. The predicted octanol–water partition coefficient (Wildman–Crippen LogP) is -0.535. The lowest BCUT2D eigenvalue weighted by Gasteiger charge is -2.48. The van der Waals surface area contributed by atoms with Gasteiger partial charge in [-0.05, 0) is 29.7 Å². The quantitative estimate of drug-likeness (QED) is 0.642. The SMILES string of the molecule is Cn1c(=O)n2n(c1=O)[C@H]1[C@@H]3[C@@H]4[C@@H]3[C@@H]3[C@]5(C=CC(=O)C[C@@]135)[C@H]42. The average molecular weight is 283 g/mol. The molecule has 0 unspecified atom stereocenters. The summed E-state index contributed by atoms with van der Waals surface area (Å²) in [5, 5.41) is 0. The van der Waals surface area contributed by atoms with Crippen LogP contribution in [-0.4, -0.2) is 19.7 Å². The Morgan fingerprint density at radius 3 is 2.48 bits per heavy atom. The molecule has 8 atom stereocenters. The molecule has 2 aliphatic heterocycles. The summed E-state index contributed by atoms with van der Waals surface area (Å²) in [5.74, 6) is 2.48. The fourth-order valence-corrected chi connectivity index (χ4v) is 7.67. The molecule has 1 aromatic heterocycles. The van der Waals surface area contributed by atoms with Gasteiger partial charge < -0.3 is 0 Å². The van der Waals surface area contributed by atoms with Crippen LogP contribution in [0.2, 0.25) is 0 Å². The van der Waals surface area contributed by atoms with Crippen LogP contribution in [0.5, 0.6) is 0 Å². The van der Waals surface area contributed by atoms with Crippen LogP contribution in [0.3, 0.4) is 0 Å². The fraction of sp³-hybridized carbons (Fsp3) is 0.667. The van der Waals surface area contributed by atoms with Gasteiger partial charge in [0.25, 0.3) is 0 Å². The van der Waals surface area contributed by atoms with Crippen LogP contribution in [0.15, 0.2) is 21.7 Å². The molecular weight excluding hydrogens is 270 g/mol. The van der Waals surface area contributed by atoms with E-state index in [0.29, 0.717) is 30.1 Å². The lowest BCUT2D eigenvalue weighted by Crippen LogP contribution is -2.53. The number of carbonyl (C=O) groups is 1. The highest BCUT2D eigenvalue weighted by atomic mass is 16.2. The molecule has 1 aromatic rings. The molecule has 106 valence electrons. The molecule has 7 aliphatic rings. The second-order valence-electron chi connectivity index (χ2n) is 7.86. The number of nitrogens with zero attached hydrogens (tertiary/aromatic N) is 3. The van der Waals surface area contributed by atoms with Gasteiger partial charge in [0.05, 0.1) is 12.1 Å². The molecular formula is C15H13N3O3. The van der Waals surface area contributed by atoms with Crippen molar-refractivity contribution in [2.75, 3.05) is 0 Å². The minimum Gasteiger partial charge on any atom is -0.295 e. The van der Waals surface area contributed by atoms with E-state index in [4.69, 9.17) is 0 Å². The van der Waals surface area contributed by atoms with Gasteiger partial charge in [0.1, 0.15) is 0 Å². The van der Waals surface area contributed by atoms with Crippen molar-refractivity contribution in [1.29, 1.82) is 0 Å². The summed E-state index contributed by atoms with van der Waals surface area (Å²) < 4.78 is 4.71. The Hall–Kier alpha value is -1.85. The van der Waals surface area contributed by atoms with Crippen molar-refractivity contribution in [1.82, 2.24) is 13.9 Å². The van der Waals surface area contributed by atoms with Crippen LogP contribution in [0, 0.1) is 34.5 Å². The van der Waals surface area contributed by atoms with Gasteiger partial charge in [0.15, 0.2) is 5.78 Å². The van der Waals surface area contributed by atoms with E-state index in [-0.39, 0.29) is 40.1 Å². The number of carbonyl (C=O) groups excluding carboxylic acids is 1. The molecule has 2 spiro atoms. The van der Waals surface area contributed by atoms with Gasteiger partial charge in [-0.25, -0.2) is 23.5 Å². The minimum atomic E-state index is -0.198. The molecule has 3 heterocycles. The normalized spacial score (nSPS) is 58.2. The third-order valence-electron chi connectivity index (χ3n) is 7.85. The van der Waals surface area contributed by atoms with Crippen LogP contribution in [-0.2, 0) is 11.8 Å². The Morgan fingerprint density at radius 2 is 1.71 bits per heavy atom. The van der Waals surface area contributed by atoms with E-state index in [9.17, 15) is 14.4 Å². The molecule has 8 rings (SSSR count). The zero-order valence-corrected chi connectivity index (χ0v) is 11.4. The second-order valence-corrected chi connectivity index (χ2v) is 7.86. The highest BCUT2D eigenvalue weighted by molar-refractivity contribution is 5.93. The first-order valence-electron chi connectivity index (χ1n) is 7.69. The van der Waals surface area contributed by atoms with Gasteiger partial charge in [0, 0.05) is 24.3 Å². The Labute approximate surface area is 118 Å². The number of aromatic nitrogens is 3. The van der Waals surface area contributed by atoms with Crippen LogP contribution >= 0.6 is 0 Å². The van der Waals surface area contributed by atoms with Crippen molar-refractivity contribution in [3.8, 4) is 0 Å². The Kier molecular flexibility index (Phi) is 1.05. The van der Waals surface area contributed by atoms with Gasteiger partial charge in [-0.15, -0.1) is 0 Å². The molecule has 6 nitrogen and oxygen atoms in total. The number of rotatable bonds is 0. The highest BCUT2D eigenvalue weighted by Crippen LogP contribution is 3.03. The molecule has 6 heteroatoms. The maximum Gasteiger partial charge on any atom is 0.347 e. The zero-order chi connectivity index (χ0) is 14.0. The van der Waals surface area contributed by atoms with Crippen LogP contribution in [0.4, 0.5) is 0 Å². The molecule has 0 amide bonds. The van der Waals surface area contributed by atoms with Crippen LogP contribution in [0.25, 0.3) is 0 Å². The first-order chi connectivity index (χ1) is 10.1. The predicted molar refractivity (Wildman–Crippen MR) is 69.6 cm³/mol. The lowest BCUT2D eigenvalue weighted by atomic mass is 9.67. The van der Waals surface area contributed by atoms with E-state index in [1.807, 2.05) is 0 Å². The summed E-state index contributed by atoms with van der Waals surface area (Å²) in [6.07, 6.45) is 4.41. The van der Waals surface area contributed by atoms with Crippen molar-refractivity contribution in [3.05, 3.63) is 33.1 Å². The van der Waals surface area contributed by atoms with Gasteiger partial charge in [-0.2, -0.15) is 0 Å². The maximum atomic E-state index is 12.5. The molecule has 5 aliphatic carbocycles. The molecule has 4 fully saturated rings. The van der Waals surface area contributed by atoms with Crippen molar-refractivity contribution in [3.63, 3.8) is 0 Å². The van der Waals surface area contributed by atoms with Gasteiger partial charge in [-0.3, -0.25) is 4.79 Å². The Bertz CT molecular complexity index is 964. The molecule has 21 heavy (non-hydrogen) atoms. The summed E-state index contributed by atoms with van der Waals surface area (Å²) in [6, 6.07) is 0.200. The van der Waals surface area contributed by atoms with Crippen LogP contribution < -0.4 is 11.4 Å². The molecule has 0 saturated heterocycles. The van der Waals surface area contributed by atoms with E-state index in [0.717, 1.165) is 0 Å². The molecule has 0 aromatic carbocycles. The standard InChI is InChI=1S/C15H13N3O3/c1-16-12(20)17-10-7-6-8(7)11(18(17)13(16)21)15-4-5(19)2-3-14(10,15)9(6)15/h2-3,6-11H,4H2,1H3/t6-,7-,8-,9+,10-,11-,14+,15-/m0/s1. The summed E-state index contributed by atoms with van der Waals surface area (Å²) in [4.78, 5) is 37.0. The Morgan fingerprint density at radius 1 is 1.05 bits per heavy atom. The summed E-state index contributed by atoms with van der Waals surface area (Å²) in [6.45, 7) is 0. The zero-order valence-electron chi connectivity index (χ0n) is 11.4. The number of ketones is 1. The molecule has 2 bridgehead atoms. The Balaban J connectivity index is 1.68. The number of allylic oxidation sites excluding steroid dienone is 2. The largest absolute Gasteiger partial charge is 0.347 e. The van der Waals surface area contributed by atoms with E-state index >= 15 is 0 Å². The third-order valence-corrected chi connectivity index (χ3v) is 7.85. The van der Waals surface area contributed by atoms with E-state index in [1.165, 1.54) is 4.57 Å². The minimum absolute atomic E-state index is 0.00722. The molecule has 0 radical (unpaired) electrons. The summed E-state index contributed by atoms with van der Waals surface area (Å²) >= 11 is 0. The van der Waals surface area contributed by atoms with Crippen LogP contribution in [0.1, 0.15) is 18.5 Å². The van der Waals surface area contributed by atoms with Gasteiger partial charge >= 0.3 is 11.4 Å². The summed E-state index contributed by atoms with van der Waals surface area (Å²) in [7, 11) is 1.56. The van der Waals surface area contributed by atoms with Gasteiger partial charge in [-0.1, -0.05) is 6.08 Å². The second kappa shape index (κ2) is 2.21. The van der Waals surface area contributed by atoms with E-state index < -0.39 is 0 Å². The molecule has 0 N–H and O–H groups in total. The molecule has 4 saturated carbocycles. The summed E-state index contributed by atoms with van der Waals surface area (Å²) in [5.41, 5.74) is -0.407. The van der Waals surface area contributed by atoms with E-state index in [2.05, 4.69) is 6.08 Å². The first kappa shape index (κ1) is 9.97. The monoisotopic (exact) mass is 283 g/mol. The number of hydrogen-bond acceptors (Lipinski definition) is 3. The van der Waals surface area contributed by atoms with Crippen molar-refractivity contribution >= 4 is 5.78 Å². The smallest absolute Gasteiger partial charge is 0.295 e. The topological polar surface area (TPSA) is 66.0 Å². The fourth-order valence-electron chi connectivity index (χ4n) is 7.67. The first-order valence-corrected chi connectivity index (χ1v) is 7.69. The van der Waals surface area contributed by atoms with Crippen molar-refractivity contribution in [2.24, 2.45) is 41.5 Å². The average Bonchev–Trinajstić information content (AvgIpc) is 3.23. The maximum absolute atomic E-state index is 12.5. The van der Waals surface area contributed by atoms with Crippen molar-refractivity contribution in [2.45, 2.75) is 18.5 Å².